The third-order valence-electron chi connectivity index (χ3n) is 5.51. The Morgan fingerprint density at radius 3 is 2.51 bits per heavy atom. The molecule has 0 unspecified atom stereocenters. The average molecular weight is 481 g/mol. The van der Waals surface area contributed by atoms with Crippen LogP contribution in [-0.4, -0.2) is 56.1 Å². The maximum Gasteiger partial charge on any atom is 0.266 e. The SMILES string of the molecule is CCN(CC)c1cccc(OCC(=O)NCCn2nc(-c3cc(OC)ccc3OC)ccc2=O)c1. The van der Waals surface area contributed by atoms with Gasteiger partial charge in [0.1, 0.15) is 17.2 Å². The van der Waals surface area contributed by atoms with Crippen molar-refractivity contribution >= 4 is 11.6 Å². The lowest BCUT2D eigenvalue weighted by atomic mass is 10.1. The van der Waals surface area contributed by atoms with E-state index >= 15 is 0 Å². The molecule has 0 aliphatic carbocycles. The molecule has 1 heterocycles. The van der Waals surface area contributed by atoms with Crippen LogP contribution in [0, 0.1) is 0 Å². The highest BCUT2D eigenvalue weighted by atomic mass is 16.5. The lowest BCUT2D eigenvalue weighted by Crippen LogP contribution is -2.34. The Hall–Kier alpha value is -4.01. The van der Waals surface area contributed by atoms with Crippen LogP contribution in [0.25, 0.3) is 11.3 Å². The Bertz CT molecular complexity index is 1190. The average Bonchev–Trinajstić information content (AvgIpc) is 2.89. The van der Waals surface area contributed by atoms with Gasteiger partial charge in [0.2, 0.25) is 0 Å². The van der Waals surface area contributed by atoms with Crippen molar-refractivity contribution < 1.29 is 19.0 Å². The van der Waals surface area contributed by atoms with Crippen LogP contribution in [0.2, 0.25) is 0 Å². The molecule has 0 bridgehead atoms. The number of hydrogen-bond acceptors (Lipinski definition) is 7. The van der Waals surface area contributed by atoms with E-state index in [1.807, 2.05) is 24.3 Å². The molecule has 0 aliphatic heterocycles. The van der Waals surface area contributed by atoms with E-state index in [0.717, 1.165) is 18.8 Å². The van der Waals surface area contributed by atoms with Crippen molar-refractivity contribution in [3.63, 3.8) is 0 Å². The molecule has 0 aliphatic rings. The molecule has 35 heavy (non-hydrogen) atoms. The highest BCUT2D eigenvalue weighted by molar-refractivity contribution is 5.77. The molecule has 0 saturated carbocycles. The van der Waals surface area contributed by atoms with Crippen LogP contribution in [0.3, 0.4) is 0 Å². The van der Waals surface area contributed by atoms with E-state index in [0.29, 0.717) is 28.5 Å². The number of aromatic nitrogens is 2. The lowest BCUT2D eigenvalue weighted by Gasteiger charge is -2.21. The maximum absolute atomic E-state index is 12.3. The lowest BCUT2D eigenvalue weighted by molar-refractivity contribution is -0.123. The summed E-state index contributed by atoms with van der Waals surface area (Å²) < 4.78 is 17.7. The van der Waals surface area contributed by atoms with Crippen LogP contribution in [0.4, 0.5) is 5.69 Å². The maximum atomic E-state index is 12.3. The summed E-state index contributed by atoms with van der Waals surface area (Å²) in [5, 5.41) is 7.21. The summed E-state index contributed by atoms with van der Waals surface area (Å²) in [6, 6.07) is 16.1. The summed E-state index contributed by atoms with van der Waals surface area (Å²) in [5.74, 6) is 1.61. The summed E-state index contributed by atoms with van der Waals surface area (Å²) >= 11 is 0. The standard InChI is InChI=1S/C26H32N4O5/c1-5-29(6-2)19-8-7-9-21(16-19)35-18-25(31)27-14-15-30-26(32)13-11-23(28-30)22-17-20(33-3)10-12-24(22)34-4/h7-13,16-17H,5-6,14-15,18H2,1-4H3,(H,27,31). The van der Waals surface area contributed by atoms with E-state index in [2.05, 4.69) is 29.2 Å². The van der Waals surface area contributed by atoms with E-state index < -0.39 is 0 Å². The van der Waals surface area contributed by atoms with Gasteiger partial charge in [-0.1, -0.05) is 6.07 Å². The fraction of sp³-hybridized carbons (Fsp3) is 0.346. The number of amides is 1. The first-order chi connectivity index (χ1) is 17.0. The number of carbonyl (C=O) groups is 1. The number of ether oxygens (including phenoxy) is 3. The summed E-state index contributed by atoms with van der Waals surface area (Å²) in [5.41, 5.74) is 2.04. The highest BCUT2D eigenvalue weighted by Gasteiger charge is 2.12. The van der Waals surface area contributed by atoms with Gasteiger partial charge in [-0.15, -0.1) is 0 Å². The molecule has 1 N–H and O–H groups in total. The fourth-order valence-corrected chi connectivity index (χ4v) is 3.63. The number of nitrogens with zero attached hydrogens (tertiary/aromatic N) is 3. The second-order valence-corrected chi connectivity index (χ2v) is 7.65. The van der Waals surface area contributed by atoms with Gasteiger partial charge in [0.25, 0.3) is 11.5 Å². The molecule has 186 valence electrons. The molecule has 0 spiro atoms. The first-order valence-corrected chi connectivity index (χ1v) is 11.5. The Balaban J connectivity index is 1.59. The van der Waals surface area contributed by atoms with Crippen LogP contribution in [0.1, 0.15) is 13.8 Å². The van der Waals surface area contributed by atoms with Gasteiger partial charge >= 0.3 is 0 Å². The second-order valence-electron chi connectivity index (χ2n) is 7.65. The highest BCUT2D eigenvalue weighted by Crippen LogP contribution is 2.31. The first-order valence-electron chi connectivity index (χ1n) is 11.5. The number of benzene rings is 2. The van der Waals surface area contributed by atoms with Gasteiger partial charge in [0.15, 0.2) is 6.61 Å². The van der Waals surface area contributed by atoms with Crippen molar-refractivity contribution in [2.24, 2.45) is 0 Å². The molecular weight excluding hydrogens is 448 g/mol. The molecule has 2 aromatic carbocycles. The van der Waals surface area contributed by atoms with Crippen LogP contribution >= 0.6 is 0 Å². The zero-order valence-electron chi connectivity index (χ0n) is 20.6. The number of hydrogen-bond donors (Lipinski definition) is 1. The number of carbonyl (C=O) groups excluding carboxylic acids is 1. The minimum absolute atomic E-state index is 0.120. The quantitative estimate of drug-likeness (QED) is 0.426. The van der Waals surface area contributed by atoms with Crippen molar-refractivity contribution in [1.29, 1.82) is 0 Å². The first kappa shape index (κ1) is 25.6. The summed E-state index contributed by atoms with van der Waals surface area (Å²) in [6.45, 7) is 6.28. The third-order valence-corrected chi connectivity index (χ3v) is 5.51. The van der Waals surface area contributed by atoms with Crippen molar-refractivity contribution in [2.75, 3.05) is 45.4 Å². The van der Waals surface area contributed by atoms with Crippen LogP contribution in [-0.2, 0) is 11.3 Å². The van der Waals surface area contributed by atoms with Crippen LogP contribution in [0.15, 0.2) is 59.4 Å². The van der Waals surface area contributed by atoms with Gasteiger partial charge in [-0.3, -0.25) is 9.59 Å². The summed E-state index contributed by atoms with van der Waals surface area (Å²) in [4.78, 5) is 26.8. The number of nitrogens with one attached hydrogen (secondary N) is 1. The minimum Gasteiger partial charge on any atom is -0.497 e. The Morgan fingerprint density at radius 1 is 1.00 bits per heavy atom. The van der Waals surface area contributed by atoms with Crippen LogP contribution in [0.5, 0.6) is 17.2 Å². The number of methoxy groups -OCH3 is 2. The van der Waals surface area contributed by atoms with Gasteiger partial charge in [-0.05, 0) is 50.2 Å². The molecule has 1 aromatic heterocycles. The zero-order valence-corrected chi connectivity index (χ0v) is 20.6. The molecule has 9 heteroatoms. The van der Waals surface area contributed by atoms with Gasteiger partial charge in [0.05, 0.1) is 26.5 Å². The minimum atomic E-state index is -0.281. The van der Waals surface area contributed by atoms with E-state index in [1.165, 1.54) is 10.7 Å². The third kappa shape index (κ3) is 6.75. The number of rotatable bonds is 12. The molecule has 3 rings (SSSR count). The Kier molecular flexibility index (Phi) is 9.11. The van der Waals surface area contributed by atoms with Gasteiger partial charge in [0, 0.05) is 43.0 Å². The molecule has 0 atom stereocenters. The molecule has 1 amide bonds. The van der Waals surface area contributed by atoms with Crippen molar-refractivity contribution in [1.82, 2.24) is 15.1 Å². The molecular formula is C26H32N4O5. The molecule has 0 saturated heterocycles. The second kappa shape index (κ2) is 12.5. The summed E-state index contributed by atoms with van der Waals surface area (Å²) in [7, 11) is 3.15. The predicted octanol–water partition coefficient (Wildman–Crippen LogP) is 2.97. The van der Waals surface area contributed by atoms with Crippen molar-refractivity contribution in [3.05, 3.63) is 65.0 Å². The molecule has 0 fully saturated rings. The number of anilines is 1. The van der Waals surface area contributed by atoms with Crippen LogP contribution < -0.4 is 30.0 Å². The fourth-order valence-electron chi connectivity index (χ4n) is 3.63. The van der Waals surface area contributed by atoms with Gasteiger partial charge in [-0.25, -0.2) is 4.68 Å². The Morgan fingerprint density at radius 2 is 1.80 bits per heavy atom. The van der Waals surface area contributed by atoms with Crippen molar-refractivity contribution in [2.45, 2.75) is 20.4 Å². The Labute approximate surface area is 205 Å². The van der Waals surface area contributed by atoms with Gasteiger partial charge < -0.3 is 24.4 Å². The topological polar surface area (TPSA) is 94.9 Å². The van der Waals surface area contributed by atoms with E-state index in [4.69, 9.17) is 14.2 Å². The predicted molar refractivity (Wildman–Crippen MR) is 136 cm³/mol. The molecule has 9 nitrogen and oxygen atoms in total. The van der Waals surface area contributed by atoms with Gasteiger partial charge in [-0.2, -0.15) is 5.10 Å². The van der Waals surface area contributed by atoms with E-state index in [-0.39, 0.29) is 31.2 Å². The van der Waals surface area contributed by atoms with Crippen molar-refractivity contribution in [3.8, 4) is 28.5 Å². The smallest absolute Gasteiger partial charge is 0.266 e. The zero-order chi connectivity index (χ0) is 25.2. The molecule has 3 aromatic rings. The van der Waals surface area contributed by atoms with E-state index in [9.17, 15) is 9.59 Å². The van der Waals surface area contributed by atoms with E-state index in [1.54, 1.807) is 38.5 Å². The normalized spacial score (nSPS) is 10.5. The molecule has 0 radical (unpaired) electrons. The largest absolute Gasteiger partial charge is 0.497 e. The summed E-state index contributed by atoms with van der Waals surface area (Å²) in [6.07, 6.45) is 0. The monoisotopic (exact) mass is 480 g/mol.